The first-order valence-electron chi connectivity index (χ1n) is 6.04. The van der Waals surface area contributed by atoms with Gasteiger partial charge in [-0.2, -0.15) is 0 Å². The van der Waals surface area contributed by atoms with Gasteiger partial charge in [0.1, 0.15) is 11.6 Å². The first-order valence-corrected chi connectivity index (χ1v) is 6.84. The standard InChI is InChI=1S/C14H15BrFN3/c1-8(2)5-10-7-13(17)19-14(18-10)9-3-4-12(16)11(15)6-9/h3-4,6-8H,5H2,1-2H3,(H2,17,18,19). The van der Waals surface area contributed by atoms with E-state index in [2.05, 4.69) is 39.7 Å². The van der Waals surface area contributed by atoms with Crippen molar-refractivity contribution in [2.45, 2.75) is 20.3 Å². The summed E-state index contributed by atoms with van der Waals surface area (Å²) in [5, 5.41) is 0. The summed E-state index contributed by atoms with van der Waals surface area (Å²) in [5.41, 5.74) is 7.45. The summed E-state index contributed by atoms with van der Waals surface area (Å²) in [6.45, 7) is 4.24. The van der Waals surface area contributed by atoms with Crippen molar-refractivity contribution in [3.05, 3.63) is 40.2 Å². The van der Waals surface area contributed by atoms with Crippen molar-refractivity contribution >= 4 is 21.7 Å². The fourth-order valence-corrected chi connectivity index (χ4v) is 2.18. The highest BCUT2D eigenvalue weighted by Crippen LogP contribution is 2.24. The van der Waals surface area contributed by atoms with Crippen molar-refractivity contribution in [1.82, 2.24) is 9.97 Å². The van der Waals surface area contributed by atoms with Gasteiger partial charge in [0.25, 0.3) is 0 Å². The van der Waals surface area contributed by atoms with Crippen molar-refractivity contribution in [3.63, 3.8) is 0 Å². The Bertz CT molecular complexity index is 599. The molecule has 3 nitrogen and oxygen atoms in total. The number of nitrogens with zero attached hydrogens (tertiary/aromatic N) is 2. The fourth-order valence-electron chi connectivity index (χ4n) is 1.81. The molecular formula is C14H15BrFN3. The van der Waals surface area contributed by atoms with E-state index in [1.54, 1.807) is 18.2 Å². The molecule has 0 aliphatic heterocycles. The predicted octanol–water partition coefficient (Wildman–Crippen LogP) is 3.83. The molecule has 0 amide bonds. The van der Waals surface area contributed by atoms with E-state index in [0.717, 1.165) is 17.7 Å². The highest BCUT2D eigenvalue weighted by atomic mass is 79.9. The minimum absolute atomic E-state index is 0.310. The average Bonchev–Trinajstić information content (AvgIpc) is 2.31. The Labute approximate surface area is 120 Å². The van der Waals surface area contributed by atoms with Crippen molar-refractivity contribution < 1.29 is 4.39 Å². The number of nitrogen functional groups attached to an aromatic ring is 1. The van der Waals surface area contributed by atoms with E-state index in [9.17, 15) is 4.39 Å². The van der Waals surface area contributed by atoms with Crippen LogP contribution >= 0.6 is 15.9 Å². The minimum Gasteiger partial charge on any atom is -0.384 e. The predicted molar refractivity (Wildman–Crippen MR) is 78.1 cm³/mol. The van der Waals surface area contributed by atoms with E-state index < -0.39 is 0 Å². The zero-order valence-electron chi connectivity index (χ0n) is 10.8. The van der Waals surface area contributed by atoms with E-state index >= 15 is 0 Å². The van der Waals surface area contributed by atoms with E-state index in [4.69, 9.17) is 5.73 Å². The van der Waals surface area contributed by atoms with Gasteiger partial charge in [-0.3, -0.25) is 0 Å². The Hall–Kier alpha value is -1.49. The van der Waals surface area contributed by atoms with Crippen LogP contribution in [0.4, 0.5) is 10.2 Å². The summed E-state index contributed by atoms with van der Waals surface area (Å²) >= 11 is 3.16. The molecular weight excluding hydrogens is 309 g/mol. The van der Waals surface area contributed by atoms with Crippen LogP contribution in [0.5, 0.6) is 0 Å². The van der Waals surface area contributed by atoms with Crippen LogP contribution in [0.3, 0.4) is 0 Å². The summed E-state index contributed by atoms with van der Waals surface area (Å²) in [4.78, 5) is 8.69. The Morgan fingerprint density at radius 3 is 2.63 bits per heavy atom. The number of benzene rings is 1. The van der Waals surface area contributed by atoms with E-state index in [-0.39, 0.29) is 5.82 Å². The van der Waals surface area contributed by atoms with Crippen LogP contribution in [-0.4, -0.2) is 9.97 Å². The second-order valence-corrected chi connectivity index (χ2v) is 5.69. The molecule has 1 heterocycles. The second-order valence-electron chi connectivity index (χ2n) is 4.83. The van der Waals surface area contributed by atoms with E-state index in [1.165, 1.54) is 6.07 Å². The van der Waals surface area contributed by atoms with Gasteiger partial charge in [0.2, 0.25) is 0 Å². The molecule has 100 valence electrons. The molecule has 0 spiro atoms. The summed E-state index contributed by atoms with van der Waals surface area (Å²) in [6, 6.07) is 6.47. The molecule has 1 aromatic carbocycles. The number of halogens is 2. The summed E-state index contributed by atoms with van der Waals surface area (Å²) in [5.74, 6) is 1.13. The molecule has 0 aliphatic rings. The van der Waals surface area contributed by atoms with Crippen LogP contribution in [0, 0.1) is 11.7 Å². The lowest BCUT2D eigenvalue weighted by molar-refractivity contribution is 0.621. The first kappa shape index (κ1) is 13.9. The van der Waals surface area contributed by atoms with Gasteiger partial charge < -0.3 is 5.73 Å². The van der Waals surface area contributed by atoms with Gasteiger partial charge in [-0.05, 0) is 46.5 Å². The molecule has 0 fully saturated rings. The Morgan fingerprint density at radius 2 is 2.00 bits per heavy atom. The van der Waals surface area contributed by atoms with Gasteiger partial charge in [-0.25, -0.2) is 14.4 Å². The van der Waals surface area contributed by atoms with Crippen molar-refractivity contribution in [2.75, 3.05) is 5.73 Å². The van der Waals surface area contributed by atoms with Crippen LogP contribution in [0.15, 0.2) is 28.7 Å². The molecule has 1 aromatic heterocycles. The fraction of sp³-hybridized carbons (Fsp3) is 0.286. The average molecular weight is 324 g/mol. The summed E-state index contributed by atoms with van der Waals surface area (Å²) in [7, 11) is 0. The molecule has 0 aliphatic carbocycles. The Balaban J connectivity index is 2.43. The lowest BCUT2D eigenvalue weighted by atomic mass is 10.1. The Kier molecular flexibility index (Phi) is 4.14. The van der Waals surface area contributed by atoms with Crippen molar-refractivity contribution in [3.8, 4) is 11.4 Å². The topological polar surface area (TPSA) is 51.8 Å². The lowest BCUT2D eigenvalue weighted by Crippen LogP contribution is -2.03. The van der Waals surface area contributed by atoms with E-state index in [1.807, 2.05) is 0 Å². The highest BCUT2D eigenvalue weighted by molar-refractivity contribution is 9.10. The van der Waals surface area contributed by atoms with Gasteiger partial charge in [0.15, 0.2) is 5.82 Å². The number of hydrogen-bond acceptors (Lipinski definition) is 3. The molecule has 2 N–H and O–H groups in total. The molecule has 19 heavy (non-hydrogen) atoms. The SMILES string of the molecule is CC(C)Cc1cc(N)nc(-c2ccc(F)c(Br)c2)n1. The summed E-state index contributed by atoms with van der Waals surface area (Å²) in [6.07, 6.45) is 0.835. The van der Waals surface area contributed by atoms with Gasteiger partial charge in [0.05, 0.1) is 4.47 Å². The second kappa shape index (κ2) is 5.65. The molecule has 0 atom stereocenters. The third-order valence-electron chi connectivity index (χ3n) is 2.59. The molecule has 0 radical (unpaired) electrons. The van der Waals surface area contributed by atoms with Gasteiger partial charge >= 0.3 is 0 Å². The number of hydrogen-bond donors (Lipinski definition) is 1. The monoisotopic (exact) mass is 323 g/mol. The molecule has 5 heteroatoms. The Morgan fingerprint density at radius 1 is 1.26 bits per heavy atom. The first-order chi connectivity index (χ1) is 8.95. The third kappa shape index (κ3) is 3.50. The van der Waals surface area contributed by atoms with Crippen LogP contribution in [0.25, 0.3) is 11.4 Å². The maximum atomic E-state index is 13.2. The van der Waals surface area contributed by atoms with Crippen LogP contribution in [0.2, 0.25) is 0 Å². The minimum atomic E-state index is -0.310. The maximum Gasteiger partial charge on any atom is 0.161 e. The molecule has 2 rings (SSSR count). The number of aromatic nitrogens is 2. The zero-order chi connectivity index (χ0) is 14.0. The molecule has 0 saturated carbocycles. The number of anilines is 1. The molecule has 0 unspecified atom stereocenters. The number of nitrogens with two attached hydrogens (primary N) is 1. The molecule has 0 bridgehead atoms. The van der Waals surface area contributed by atoms with Crippen LogP contribution in [0.1, 0.15) is 19.5 Å². The van der Waals surface area contributed by atoms with Gasteiger partial charge in [-0.15, -0.1) is 0 Å². The van der Waals surface area contributed by atoms with Gasteiger partial charge in [-0.1, -0.05) is 13.8 Å². The number of rotatable bonds is 3. The lowest BCUT2D eigenvalue weighted by Gasteiger charge is -2.08. The van der Waals surface area contributed by atoms with Crippen LogP contribution < -0.4 is 5.73 Å². The van der Waals surface area contributed by atoms with Crippen molar-refractivity contribution in [1.29, 1.82) is 0 Å². The van der Waals surface area contributed by atoms with Crippen LogP contribution in [-0.2, 0) is 6.42 Å². The maximum absolute atomic E-state index is 13.2. The van der Waals surface area contributed by atoms with E-state index in [0.29, 0.717) is 22.0 Å². The largest absolute Gasteiger partial charge is 0.384 e. The smallest absolute Gasteiger partial charge is 0.161 e. The molecule has 2 aromatic rings. The van der Waals surface area contributed by atoms with Crippen molar-refractivity contribution in [2.24, 2.45) is 5.92 Å². The van der Waals surface area contributed by atoms with Gasteiger partial charge in [0, 0.05) is 17.3 Å². The summed E-state index contributed by atoms with van der Waals surface area (Å²) < 4.78 is 13.6. The molecule has 0 saturated heterocycles. The zero-order valence-corrected chi connectivity index (χ0v) is 12.4. The highest BCUT2D eigenvalue weighted by Gasteiger charge is 2.09. The normalized spacial score (nSPS) is 11.0. The third-order valence-corrected chi connectivity index (χ3v) is 3.20. The quantitative estimate of drug-likeness (QED) is 0.934.